The van der Waals surface area contributed by atoms with Gasteiger partial charge in [0.2, 0.25) is 0 Å². The first kappa shape index (κ1) is 21.2. The van der Waals surface area contributed by atoms with Crippen molar-refractivity contribution < 1.29 is 9.53 Å². The van der Waals surface area contributed by atoms with E-state index in [0.29, 0.717) is 0 Å². The molecular formula is C24H28N2O2S. The Morgan fingerprint density at radius 1 is 1.10 bits per heavy atom. The predicted molar refractivity (Wildman–Crippen MR) is 122 cm³/mol. The van der Waals surface area contributed by atoms with Crippen molar-refractivity contribution in [2.75, 3.05) is 12.0 Å². The van der Waals surface area contributed by atoms with Gasteiger partial charge in [0.25, 0.3) is 0 Å². The minimum atomic E-state index is -0.542. The lowest BCUT2D eigenvalue weighted by Gasteiger charge is -2.24. The molecule has 0 aliphatic carbocycles. The standard InChI is InChI=1S/C24H28N2O2S/c1-24(2,3)28-23(27)26-21(14-15-29-4)22-16-19(17-10-6-5-7-11-17)18-12-8-9-13-20(18)25-22/h5-13,16,21H,14-15H2,1-4H3,(H,26,27). The monoisotopic (exact) mass is 408 g/mol. The minimum Gasteiger partial charge on any atom is -0.444 e. The van der Waals surface area contributed by atoms with E-state index >= 15 is 0 Å². The van der Waals surface area contributed by atoms with Gasteiger partial charge in [-0.15, -0.1) is 0 Å². The largest absolute Gasteiger partial charge is 0.444 e. The summed E-state index contributed by atoms with van der Waals surface area (Å²) in [6.45, 7) is 5.60. The molecule has 4 nitrogen and oxygen atoms in total. The maximum Gasteiger partial charge on any atom is 0.408 e. The summed E-state index contributed by atoms with van der Waals surface area (Å²) in [5, 5.41) is 4.13. The van der Waals surface area contributed by atoms with Crippen LogP contribution in [0.4, 0.5) is 4.79 Å². The van der Waals surface area contributed by atoms with Crippen molar-refractivity contribution in [3.63, 3.8) is 0 Å². The van der Waals surface area contributed by atoms with Gasteiger partial charge in [-0.1, -0.05) is 48.5 Å². The summed E-state index contributed by atoms with van der Waals surface area (Å²) >= 11 is 1.75. The third kappa shape index (κ3) is 5.73. The van der Waals surface area contributed by atoms with E-state index in [4.69, 9.17) is 9.72 Å². The van der Waals surface area contributed by atoms with Crippen LogP contribution in [0.25, 0.3) is 22.0 Å². The number of para-hydroxylation sites is 1. The van der Waals surface area contributed by atoms with Crippen LogP contribution in [0.1, 0.15) is 38.9 Å². The lowest BCUT2D eigenvalue weighted by atomic mass is 9.98. The number of nitrogens with one attached hydrogen (secondary N) is 1. The van der Waals surface area contributed by atoms with Gasteiger partial charge in [-0.05, 0) is 62.5 Å². The number of ether oxygens (including phenoxy) is 1. The third-order valence-electron chi connectivity index (χ3n) is 4.48. The zero-order valence-electron chi connectivity index (χ0n) is 17.4. The van der Waals surface area contributed by atoms with E-state index in [1.807, 2.05) is 57.2 Å². The second-order valence-corrected chi connectivity index (χ2v) is 8.94. The lowest BCUT2D eigenvalue weighted by Crippen LogP contribution is -2.35. The Kier molecular flexibility index (Phi) is 6.80. The zero-order chi connectivity index (χ0) is 20.9. The number of alkyl carbamates (subject to hydrolysis) is 1. The van der Waals surface area contributed by atoms with Crippen LogP contribution in [0.15, 0.2) is 60.7 Å². The van der Waals surface area contributed by atoms with Crippen LogP contribution in [-0.2, 0) is 4.74 Å². The number of benzene rings is 2. The molecule has 0 bridgehead atoms. The number of carbonyl (C=O) groups is 1. The molecule has 1 amide bonds. The summed E-state index contributed by atoms with van der Waals surface area (Å²) in [7, 11) is 0. The van der Waals surface area contributed by atoms with Crippen molar-refractivity contribution in [1.29, 1.82) is 0 Å². The van der Waals surface area contributed by atoms with Crippen molar-refractivity contribution in [1.82, 2.24) is 10.3 Å². The van der Waals surface area contributed by atoms with E-state index in [1.165, 1.54) is 0 Å². The van der Waals surface area contributed by atoms with Crippen molar-refractivity contribution in [2.24, 2.45) is 0 Å². The molecule has 0 aliphatic rings. The average Bonchev–Trinajstić information content (AvgIpc) is 2.69. The molecule has 0 fully saturated rings. The van der Waals surface area contributed by atoms with Crippen LogP contribution >= 0.6 is 11.8 Å². The Morgan fingerprint density at radius 2 is 1.79 bits per heavy atom. The molecule has 5 heteroatoms. The topological polar surface area (TPSA) is 51.2 Å². The van der Waals surface area contributed by atoms with Crippen LogP contribution in [0.3, 0.4) is 0 Å². The number of amides is 1. The molecular weight excluding hydrogens is 380 g/mol. The molecule has 3 aromatic rings. The minimum absolute atomic E-state index is 0.218. The summed E-state index contributed by atoms with van der Waals surface area (Å²) in [5.74, 6) is 0.912. The van der Waals surface area contributed by atoms with Gasteiger partial charge in [0.05, 0.1) is 17.3 Å². The summed E-state index contributed by atoms with van der Waals surface area (Å²) < 4.78 is 5.49. The Hall–Kier alpha value is -2.53. The van der Waals surface area contributed by atoms with Gasteiger partial charge in [0.15, 0.2) is 0 Å². The summed E-state index contributed by atoms with van der Waals surface area (Å²) in [5.41, 5.74) is 3.48. The Bertz CT molecular complexity index is 968. The second kappa shape index (κ2) is 9.31. The normalized spacial score (nSPS) is 12.6. The number of pyridine rings is 1. The van der Waals surface area contributed by atoms with Crippen molar-refractivity contribution in [3.05, 3.63) is 66.4 Å². The Morgan fingerprint density at radius 3 is 2.48 bits per heavy atom. The van der Waals surface area contributed by atoms with Crippen molar-refractivity contribution in [3.8, 4) is 11.1 Å². The molecule has 3 rings (SSSR count). The summed E-state index contributed by atoms with van der Waals surface area (Å²) in [6, 6.07) is 20.3. The van der Waals surface area contributed by atoms with Gasteiger partial charge in [-0.25, -0.2) is 4.79 Å². The quantitative estimate of drug-likeness (QED) is 0.526. The molecule has 29 heavy (non-hydrogen) atoms. The van der Waals surface area contributed by atoms with E-state index in [-0.39, 0.29) is 6.04 Å². The zero-order valence-corrected chi connectivity index (χ0v) is 18.3. The molecule has 1 unspecified atom stereocenters. The van der Waals surface area contributed by atoms with Crippen LogP contribution < -0.4 is 5.32 Å². The van der Waals surface area contributed by atoms with Gasteiger partial charge in [-0.3, -0.25) is 4.98 Å². The number of thioether (sulfide) groups is 1. The highest BCUT2D eigenvalue weighted by Crippen LogP contribution is 2.31. The first-order chi connectivity index (χ1) is 13.9. The molecule has 1 heterocycles. The van der Waals surface area contributed by atoms with Crippen molar-refractivity contribution >= 4 is 28.8 Å². The summed E-state index contributed by atoms with van der Waals surface area (Å²) in [6.07, 6.45) is 2.42. The van der Waals surface area contributed by atoms with Gasteiger partial charge in [0.1, 0.15) is 5.60 Å². The highest BCUT2D eigenvalue weighted by atomic mass is 32.2. The number of fused-ring (bicyclic) bond motifs is 1. The average molecular weight is 409 g/mol. The van der Waals surface area contributed by atoms with Crippen LogP contribution in [-0.4, -0.2) is 28.7 Å². The second-order valence-electron chi connectivity index (χ2n) is 7.96. The molecule has 1 N–H and O–H groups in total. The number of hydrogen-bond donors (Lipinski definition) is 1. The maximum atomic E-state index is 12.5. The Labute approximate surface area is 177 Å². The Balaban J connectivity index is 2.03. The first-order valence-corrected chi connectivity index (χ1v) is 11.2. The van der Waals surface area contributed by atoms with Gasteiger partial charge in [-0.2, -0.15) is 11.8 Å². The fourth-order valence-electron chi connectivity index (χ4n) is 3.21. The SMILES string of the molecule is CSCCC(NC(=O)OC(C)(C)C)c1cc(-c2ccccc2)c2ccccc2n1. The molecule has 152 valence electrons. The molecule has 2 aromatic carbocycles. The predicted octanol–water partition coefficient (Wildman–Crippen LogP) is 6.22. The van der Waals surface area contributed by atoms with E-state index in [9.17, 15) is 4.79 Å². The van der Waals surface area contributed by atoms with Crippen LogP contribution in [0, 0.1) is 0 Å². The fourth-order valence-corrected chi connectivity index (χ4v) is 3.68. The number of hydrogen-bond acceptors (Lipinski definition) is 4. The first-order valence-electron chi connectivity index (χ1n) is 9.81. The van der Waals surface area contributed by atoms with Crippen LogP contribution in [0.5, 0.6) is 0 Å². The molecule has 1 aromatic heterocycles. The van der Waals surface area contributed by atoms with Crippen molar-refractivity contribution in [2.45, 2.75) is 38.8 Å². The number of nitrogens with zero attached hydrogens (tertiary/aromatic N) is 1. The fraction of sp³-hybridized carbons (Fsp3) is 0.333. The maximum absolute atomic E-state index is 12.5. The molecule has 0 saturated heterocycles. The molecule has 0 spiro atoms. The number of rotatable bonds is 6. The van der Waals surface area contributed by atoms with E-state index in [0.717, 1.165) is 39.9 Å². The van der Waals surface area contributed by atoms with Crippen LogP contribution in [0.2, 0.25) is 0 Å². The van der Waals surface area contributed by atoms with E-state index < -0.39 is 11.7 Å². The summed E-state index contributed by atoms with van der Waals surface area (Å²) in [4.78, 5) is 17.3. The number of aromatic nitrogens is 1. The van der Waals surface area contributed by atoms with Gasteiger partial charge in [0, 0.05) is 5.39 Å². The highest BCUT2D eigenvalue weighted by molar-refractivity contribution is 7.98. The van der Waals surface area contributed by atoms with Gasteiger partial charge >= 0.3 is 6.09 Å². The van der Waals surface area contributed by atoms with E-state index in [2.05, 4.69) is 35.8 Å². The number of carbonyl (C=O) groups excluding carboxylic acids is 1. The lowest BCUT2D eigenvalue weighted by molar-refractivity contribution is 0.0501. The smallest absolute Gasteiger partial charge is 0.408 e. The van der Waals surface area contributed by atoms with E-state index in [1.54, 1.807) is 11.8 Å². The van der Waals surface area contributed by atoms with Gasteiger partial charge < -0.3 is 10.1 Å². The highest BCUT2D eigenvalue weighted by Gasteiger charge is 2.22. The molecule has 0 radical (unpaired) electrons. The molecule has 0 aliphatic heterocycles. The third-order valence-corrected chi connectivity index (χ3v) is 5.12. The molecule has 1 atom stereocenters. The molecule has 0 saturated carbocycles.